The van der Waals surface area contributed by atoms with Gasteiger partial charge in [-0.05, 0) is 45.0 Å². The van der Waals surface area contributed by atoms with Crippen molar-refractivity contribution in [3.8, 4) is 0 Å². The van der Waals surface area contributed by atoms with Crippen molar-refractivity contribution in [2.45, 2.75) is 17.7 Å². The fourth-order valence-electron chi connectivity index (χ4n) is 2.58. The zero-order chi connectivity index (χ0) is 16.5. The normalized spacial score (nSPS) is 18.1. The van der Waals surface area contributed by atoms with E-state index in [-0.39, 0.29) is 18.5 Å². The van der Waals surface area contributed by atoms with Gasteiger partial charge in [0.05, 0.1) is 0 Å². The van der Waals surface area contributed by atoms with Crippen LogP contribution in [0.5, 0.6) is 0 Å². The monoisotopic (exact) mass is 336 g/mol. The highest BCUT2D eigenvalue weighted by Gasteiger charge is 2.29. The molecule has 0 radical (unpaired) electrons. The Hall–Kier alpha value is -1.12. The Morgan fingerprint density at radius 2 is 1.68 bits per heavy atom. The predicted octanol–water partition coefficient (Wildman–Crippen LogP) is 2.07. The number of hydrogen-bond donors (Lipinski definition) is 0. The van der Waals surface area contributed by atoms with Crippen LogP contribution in [-0.2, 0) is 10.0 Å². The number of nitrogens with zero attached hydrogens (tertiary/aromatic N) is 2. The Morgan fingerprint density at radius 3 is 2.27 bits per heavy atom. The Bertz CT molecular complexity index is 644. The number of piperidine rings is 1. The molecule has 0 aromatic heterocycles. The van der Waals surface area contributed by atoms with Crippen molar-refractivity contribution in [3.63, 3.8) is 0 Å². The molecular formula is C14H19F3N2O2S. The average Bonchev–Trinajstić information content (AvgIpc) is 2.45. The summed E-state index contributed by atoms with van der Waals surface area (Å²) in [6.45, 7) is 1.98. The first-order chi connectivity index (χ1) is 10.2. The fourth-order valence-corrected chi connectivity index (χ4v) is 3.88. The van der Waals surface area contributed by atoms with Crippen LogP contribution in [0.15, 0.2) is 17.0 Å². The van der Waals surface area contributed by atoms with Gasteiger partial charge in [0, 0.05) is 19.7 Å². The molecule has 1 saturated heterocycles. The average molecular weight is 336 g/mol. The minimum atomic E-state index is -4.18. The molecule has 0 spiro atoms. The number of rotatable bonds is 4. The Kier molecular flexibility index (Phi) is 5.14. The van der Waals surface area contributed by atoms with Crippen molar-refractivity contribution < 1.29 is 21.6 Å². The molecule has 22 heavy (non-hydrogen) atoms. The van der Waals surface area contributed by atoms with Gasteiger partial charge in [0.1, 0.15) is 10.7 Å². The SMILES string of the molecule is CN1CCC(CN(C)S(=O)(=O)c2cc(F)c(F)cc2F)CC1. The maximum Gasteiger partial charge on any atom is 0.245 e. The molecule has 124 valence electrons. The topological polar surface area (TPSA) is 40.6 Å². The quantitative estimate of drug-likeness (QED) is 0.791. The molecule has 4 nitrogen and oxygen atoms in total. The van der Waals surface area contributed by atoms with Gasteiger partial charge in [0.2, 0.25) is 10.0 Å². The third-order valence-electron chi connectivity index (χ3n) is 4.02. The third-order valence-corrected chi connectivity index (χ3v) is 5.85. The first-order valence-electron chi connectivity index (χ1n) is 7.01. The van der Waals surface area contributed by atoms with Crippen LogP contribution < -0.4 is 0 Å². The molecular weight excluding hydrogens is 317 g/mol. The highest BCUT2D eigenvalue weighted by molar-refractivity contribution is 7.89. The van der Waals surface area contributed by atoms with E-state index < -0.39 is 32.4 Å². The molecule has 8 heteroatoms. The predicted molar refractivity (Wildman–Crippen MR) is 76.4 cm³/mol. The summed E-state index contributed by atoms with van der Waals surface area (Å²) in [5.74, 6) is -3.90. The molecule has 0 unspecified atom stereocenters. The van der Waals surface area contributed by atoms with Crippen molar-refractivity contribution in [1.29, 1.82) is 0 Å². The van der Waals surface area contributed by atoms with E-state index in [0.717, 1.165) is 30.2 Å². The number of sulfonamides is 1. The van der Waals surface area contributed by atoms with Crippen LogP contribution in [0.4, 0.5) is 13.2 Å². The summed E-state index contributed by atoms with van der Waals surface area (Å²) < 4.78 is 65.5. The van der Waals surface area contributed by atoms with Gasteiger partial charge in [-0.1, -0.05) is 0 Å². The lowest BCUT2D eigenvalue weighted by atomic mass is 9.97. The number of hydrogen-bond acceptors (Lipinski definition) is 3. The zero-order valence-corrected chi connectivity index (χ0v) is 13.3. The summed E-state index contributed by atoms with van der Waals surface area (Å²) in [4.78, 5) is 1.32. The van der Waals surface area contributed by atoms with Crippen molar-refractivity contribution in [1.82, 2.24) is 9.21 Å². The second-order valence-corrected chi connectivity index (χ2v) is 7.74. The molecule has 0 atom stereocenters. The zero-order valence-electron chi connectivity index (χ0n) is 12.5. The van der Waals surface area contributed by atoms with E-state index in [9.17, 15) is 21.6 Å². The molecule has 2 rings (SSSR count). The molecule has 1 aliphatic heterocycles. The summed E-state index contributed by atoms with van der Waals surface area (Å²) >= 11 is 0. The van der Waals surface area contributed by atoms with Crippen molar-refractivity contribution in [3.05, 3.63) is 29.6 Å². The number of benzene rings is 1. The van der Waals surface area contributed by atoms with Crippen LogP contribution in [-0.4, -0.2) is 51.4 Å². The molecule has 0 aliphatic carbocycles. The minimum Gasteiger partial charge on any atom is -0.306 e. The molecule has 1 heterocycles. The second kappa shape index (κ2) is 6.55. The van der Waals surface area contributed by atoms with Gasteiger partial charge >= 0.3 is 0 Å². The van der Waals surface area contributed by atoms with Gasteiger partial charge in [0.25, 0.3) is 0 Å². The fraction of sp³-hybridized carbons (Fsp3) is 0.571. The minimum absolute atomic E-state index is 0.171. The molecule has 1 aromatic carbocycles. The summed E-state index contributed by atoms with van der Waals surface area (Å²) in [5.41, 5.74) is 0. The van der Waals surface area contributed by atoms with E-state index in [1.54, 1.807) is 0 Å². The molecule has 0 saturated carbocycles. The molecule has 0 N–H and O–H groups in total. The van der Waals surface area contributed by atoms with Gasteiger partial charge in [-0.25, -0.2) is 25.9 Å². The molecule has 1 aromatic rings. The van der Waals surface area contributed by atoms with Gasteiger partial charge in [-0.3, -0.25) is 0 Å². The van der Waals surface area contributed by atoms with Crippen LogP contribution in [0, 0.1) is 23.4 Å². The van der Waals surface area contributed by atoms with Gasteiger partial charge in [-0.2, -0.15) is 0 Å². The first kappa shape index (κ1) is 17.2. The van der Waals surface area contributed by atoms with E-state index in [2.05, 4.69) is 4.90 Å². The summed E-state index contributed by atoms with van der Waals surface area (Å²) in [5, 5.41) is 0. The molecule has 0 bridgehead atoms. The highest BCUT2D eigenvalue weighted by atomic mass is 32.2. The van der Waals surface area contributed by atoms with Gasteiger partial charge in [0.15, 0.2) is 11.6 Å². The van der Waals surface area contributed by atoms with Crippen molar-refractivity contribution >= 4 is 10.0 Å². The smallest absolute Gasteiger partial charge is 0.245 e. The van der Waals surface area contributed by atoms with E-state index in [1.807, 2.05) is 7.05 Å². The third kappa shape index (κ3) is 3.61. The lowest BCUT2D eigenvalue weighted by molar-refractivity contribution is 0.202. The maximum absolute atomic E-state index is 13.7. The largest absolute Gasteiger partial charge is 0.306 e. The Balaban J connectivity index is 2.17. The lowest BCUT2D eigenvalue weighted by Gasteiger charge is -2.31. The molecule has 1 fully saturated rings. The first-order valence-corrected chi connectivity index (χ1v) is 8.45. The molecule has 1 aliphatic rings. The van der Waals surface area contributed by atoms with E-state index >= 15 is 0 Å². The lowest BCUT2D eigenvalue weighted by Crippen LogP contribution is -2.38. The van der Waals surface area contributed by atoms with Gasteiger partial charge in [-0.15, -0.1) is 0 Å². The van der Waals surface area contributed by atoms with E-state index in [0.29, 0.717) is 6.07 Å². The van der Waals surface area contributed by atoms with E-state index in [4.69, 9.17) is 0 Å². The maximum atomic E-state index is 13.7. The Morgan fingerprint density at radius 1 is 1.14 bits per heavy atom. The van der Waals surface area contributed by atoms with Crippen LogP contribution in [0.2, 0.25) is 0 Å². The standard InChI is InChI=1S/C14H19F3N2O2S/c1-18-5-3-10(4-6-18)9-19(2)22(20,21)14-8-12(16)11(15)7-13(14)17/h7-8,10H,3-6,9H2,1-2H3. The summed E-state index contributed by atoms with van der Waals surface area (Å²) in [7, 11) is -0.863. The van der Waals surface area contributed by atoms with E-state index in [1.165, 1.54) is 7.05 Å². The summed E-state index contributed by atoms with van der Waals surface area (Å²) in [6.07, 6.45) is 1.69. The van der Waals surface area contributed by atoms with Crippen molar-refractivity contribution in [2.24, 2.45) is 5.92 Å². The van der Waals surface area contributed by atoms with Crippen molar-refractivity contribution in [2.75, 3.05) is 33.7 Å². The molecule has 0 amide bonds. The Labute approximate surface area is 128 Å². The summed E-state index contributed by atoms with van der Waals surface area (Å²) in [6, 6.07) is 0.650. The second-order valence-electron chi connectivity index (χ2n) is 5.73. The van der Waals surface area contributed by atoms with Crippen LogP contribution >= 0.6 is 0 Å². The number of halogens is 3. The van der Waals surface area contributed by atoms with Crippen LogP contribution in [0.25, 0.3) is 0 Å². The van der Waals surface area contributed by atoms with Crippen LogP contribution in [0.3, 0.4) is 0 Å². The van der Waals surface area contributed by atoms with Crippen LogP contribution in [0.1, 0.15) is 12.8 Å². The van der Waals surface area contributed by atoms with Gasteiger partial charge < -0.3 is 4.90 Å². The highest BCUT2D eigenvalue weighted by Crippen LogP contribution is 2.24. The number of likely N-dealkylation sites (tertiary alicyclic amines) is 1.